The van der Waals surface area contributed by atoms with Crippen LogP contribution in [0.15, 0.2) is 28.9 Å². The fourth-order valence-electron chi connectivity index (χ4n) is 2.85. The van der Waals surface area contributed by atoms with E-state index in [0.29, 0.717) is 23.3 Å². The smallest absolute Gasteiger partial charge is 0.417 e. The molecular weight excluding hydrogens is 459 g/mol. The summed E-state index contributed by atoms with van der Waals surface area (Å²) in [4.78, 5) is -1.24. The Kier molecular flexibility index (Phi) is 6.34. The summed E-state index contributed by atoms with van der Waals surface area (Å²) in [6.45, 7) is 2.23. The van der Waals surface area contributed by atoms with Gasteiger partial charge in [0.2, 0.25) is 10.0 Å². The second-order valence-corrected chi connectivity index (χ2v) is 9.50. The average molecular weight is 480 g/mol. The predicted octanol–water partition coefficient (Wildman–Crippen LogP) is 3.36. The molecule has 1 aliphatic heterocycles. The van der Waals surface area contributed by atoms with E-state index in [9.17, 15) is 26.7 Å². The van der Waals surface area contributed by atoms with Crippen LogP contribution in [0.2, 0.25) is 0 Å². The van der Waals surface area contributed by atoms with Crippen LogP contribution in [0.4, 0.5) is 30.5 Å². The lowest BCUT2D eigenvalue weighted by Gasteiger charge is -2.20. The number of sulfonamides is 1. The monoisotopic (exact) mass is 479 g/mol. The van der Waals surface area contributed by atoms with E-state index in [1.54, 1.807) is 0 Å². The number of ether oxygens (including phenoxy) is 1. The van der Waals surface area contributed by atoms with Crippen molar-refractivity contribution in [2.45, 2.75) is 30.5 Å². The molecule has 0 radical (unpaired) electrons. The van der Waals surface area contributed by atoms with E-state index in [-0.39, 0.29) is 23.4 Å². The Morgan fingerprint density at radius 3 is 2.55 bits per heavy atom. The zero-order valence-electron chi connectivity index (χ0n) is 16.7. The Morgan fingerprint density at radius 1 is 1.29 bits per heavy atom. The van der Waals surface area contributed by atoms with Gasteiger partial charge in [-0.05, 0) is 25.1 Å². The van der Waals surface area contributed by atoms with Gasteiger partial charge in [0.1, 0.15) is 11.0 Å². The maximum Gasteiger partial charge on any atom is 0.417 e. The average Bonchev–Trinajstić information content (AvgIpc) is 3.28. The fourth-order valence-corrected chi connectivity index (χ4v) is 4.51. The Morgan fingerprint density at radius 2 is 1.97 bits per heavy atom. The molecule has 2 aromatic rings. The van der Waals surface area contributed by atoms with Crippen LogP contribution in [0, 0.1) is 0 Å². The molecule has 3 rings (SSSR count). The minimum absolute atomic E-state index is 0.106. The molecule has 1 aliphatic rings. The van der Waals surface area contributed by atoms with Crippen molar-refractivity contribution in [2.24, 2.45) is 0 Å². The van der Waals surface area contributed by atoms with E-state index < -0.39 is 32.4 Å². The number of benzene rings is 1. The molecule has 1 aromatic carbocycles. The number of aromatic hydroxyl groups is 1. The maximum atomic E-state index is 13.4. The molecule has 0 bridgehead atoms. The number of halogens is 3. The maximum absolute atomic E-state index is 13.4. The van der Waals surface area contributed by atoms with Crippen molar-refractivity contribution < 1.29 is 31.4 Å². The van der Waals surface area contributed by atoms with Crippen molar-refractivity contribution in [2.75, 3.05) is 31.3 Å². The second kappa shape index (κ2) is 8.51. The number of phenolic OH excluding ortho intramolecular Hbond substituents is 1. The molecule has 1 atom stereocenters. The van der Waals surface area contributed by atoms with Crippen LogP contribution in [-0.2, 0) is 20.9 Å². The predicted molar refractivity (Wildman–Crippen MR) is 109 cm³/mol. The molecule has 0 aliphatic carbocycles. The molecule has 1 unspecified atom stereocenters. The van der Waals surface area contributed by atoms with Gasteiger partial charge >= 0.3 is 6.18 Å². The molecule has 1 aromatic heterocycles. The summed E-state index contributed by atoms with van der Waals surface area (Å²) in [6, 6.07) is 1.52. The first-order valence-corrected chi connectivity index (χ1v) is 11.1. The lowest BCUT2D eigenvalue weighted by Crippen LogP contribution is -2.25. The van der Waals surface area contributed by atoms with Crippen LogP contribution in [-0.4, -0.2) is 53.3 Å². The first kappa shape index (κ1) is 23.1. The molecule has 14 heteroatoms. The lowest BCUT2D eigenvalue weighted by molar-refractivity contribution is -0.140. The normalized spacial score (nSPS) is 16.9. The molecule has 0 saturated heterocycles. The number of rotatable bonds is 7. The van der Waals surface area contributed by atoms with Crippen LogP contribution in [0.3, 0.4) is 0 Å². The van der Waals surface area contributed by atoms with E-state index in [1.807, 2.05) is 13.0 Å². The Bertz CT molecular complexity index is 1100. The van der Waals surface area contributed by atoms with Gasteiger partial charge in [0, 0.05) is 20.5 Å². The van der Waals surface area contributed by atoms with Crippen molar-refractivity contribution in [3.05, 3.63) is 29.5 Å². The van der Waals surface area contributed by atoms with E-state index in [1.165, 1.54) is 0 Å². The van der Waals surface area contributed by atoms with E-state index >= 15 is 0 Å². The third kappa shape index (κ3) is 4.85. The van der Waals surface area contributed by atoms with Crippen LogP contribution >= 0.6 is 11.7 Å². The summed E-state index contributed by atoms with van der Waals surface area (Å²) in [5.41, 5.74) is -1.74. The van der Waals surface area contributed by atoms with Crippen molar-refractivity contribution in [3.8, 4) is 5.75 Å². The molecule has 0 fully saturated rings. The number of alkyl halides is 3. The third-order valence-corrected chi connectivity index (χ3v) is 6.85. The number of allylic oxidation sites excluding steroid dienone is 1. The van der Waals surface area contributed by atoms with Crippen molar-refractivity contribution in [3.63, 3.8) is 0 Å². The van der Waals surface area contributed by atoms with Crippen molar-refractivity contribution in [1.82, 2.24) is 13.1 Å². The van der Waals surface area contributed by atoms with E-state index in [4.69, 9.17) is 4.74 Å². The molecule has 170 valence electrons. The Hall–Kier alpha value is -2.58. The highest BCUT2D eigenvalue weighted by molar-refractivity contribution is 7.89. The molecule has 2 heterocycles. The molecule has 9 nitrogen and oxygen atoms in total. The standard InChI is InChI=1S/C17H20F3N5O4S2/c1-9-4-5-10(29-9)8-21-15-16(24-30-23-15)22-12-7-6-11(17(18,19)20)14(13(12)26)31(27,28)25(2)3/h4,6-7,10,26H,5,8H2,1-3H3,(H,21,23)(H,22,24). The number of anilines is 3. The molecule has 0 saturated carbocycles. The van der Waals surface area contributed by atoms with Crippen molar-refractivity contribution in [1.29, 1.82) is 0 Å². The highest BCUT2D eigenvalue weighted by atomic mass is 32.2. The Balaban J connectivity index is 1.91. The van der Waals surface area contributed by atoms with E-state index in [0.717, 1.165) is 37.6 Å². The number of hydrogen-bond donors (Lipinski definition) is 3. The number of phenols is 1. The second-order valence-electron chi connectivity index (χ2n) is 6.88. The minimum Gasteiger partial charge on any atom is -0.504 e. The first-order chi connectivity index (χ1) is 14.4. The van der Waals surface area contributed by atoms with E-state index in [2.05, 4.69) is 19.4 Å². The number of nitrogens with one attached hydrogen (secondary N) is 2. The topological polar surface area (TPSA) is 117 Å². The fraction of sp³-hybridized carbons (Fsp3) is 0.412. The highest BCUT2D eigenvalue weighted by Gasteiger charge is 2.40. The Labute approximate surface area is 180 Å². The van der Waals surface area contributed by atoms with Crippen LogP contribution in [0.5, 0.6) is 5.75 Å². The van der Waals surface area contributed by atoms with Crippen LogP contribution < -0.4 is 10.6 Å². The number of hydrogen-bond acceptors (Lipinski definition) is 9. The van der Waals surface area contributed by atoms with Gasteiger partial charge in [0.25, 0.3) is 0 Å². The quantitative estimate of drug-likeness (QED) is 0.518. The summed E-state index contributed by atoms with van der Waals surface area (Å²) in [7, 11) is -2.46. The van der Waals surface area contributed by atoms with Crippen molar-refractivity contribution >= 4 is 39.1 Å². The van der Waals surface area contributed by atoms with Gasteiger partial charge in [0.15, 0.2) is 17.4 Å². The largest absolute Gasteiger partial charge is 0.504 e. The molecule has 0 spiro atoms. The zero-order chi connectivity index (χ0) is 23.0. The number of aromatic nitrogens is 2. The minimum atomic E-state index is -4.99. The van der Waals surface area contributed by atoms with Gasteiger partial charge in [-0.3, -0.25) is 0 Å². The van der Waals surface area contributed by atoms with Crippen LogP contribution in [0.1, 0.15) is 18.9 Å². The zero-order valence-corrected chi connectivity index (χ0v) is 18.3. The van der Waals surface area contributed by atoms with Gasteiger partial charge in [-0.1, -0.05) is 0 Å². The lowest BCUT2D eigenvalue weighted by atomic mass is 10.1. The molecule has 3 N–H and O–H groups in total. The first-order valence-electron chi connectivity index (χ1n) is 8.93. The summed E-state index contributed by atoms with van der Waals surface area (Å²) in [5, 5.41) is 16.2. The highest BCUT2D eigenvalue weighted by Crippen LogP contribution is 2.43. The third-order valence-electron chi connectivity index (χ3n) is 4.44. The molecule has 31 heavy (non-hydrogen) atoms. The van der Waals surface area contributed by atoms with Gasteiger partial charge < -0.3 is 20.5 Å². The summed E-state index contributed by atoms with van der Waals surface area (Å²) >= 11 is 0.829. The van der Waals surface area contributed by atoms with Gasteiger partial charge in [-0.2, -0.15) is 21.9 Å². The summed E-state index contributed by atoms with van der Waals surface area (Å²) in [5.74, 6) is 0.151. The van der Waals surface area contributed by atoms with Gasteiger partial charge in [0.05, 0.1) is 35.3 Å². The number of nitrogens with zero attached hydrogens (tertiary/aromatic N) is 3. The SMILES string of the molecule is CC1=CCC(CNc2nsnc2Nc2ccc(C(F)(F)F)c(S(=O)(=O)N(C)C)c2O)O1. The summed E-state index contributed by atoms with van der Waals surface area (Å²) in [6.07, 6.45) is -2.44. The van der Waals surface area contributed by atoms with Crippen LogP contribution in [0.25, 0.3) is 0 Å². The van der Waals surface area contributed by atoms with Gasteiger partial charge in [-0.25, -0.2) is 12.7 Å². The molecule has 0 amide bonds. The molecular formula is C17H20F3N5O4S2. The van der Waals surface area contributed by atoms with Gasteiger partial charge in [-0.15, -0.1) is 0 Å². The summed E-state index contributed by atoms with van der Waals surface area (Å²) < 4.78 is 79.5.